The fraction of sp³-hybridized carbons (Fsp3) is 0.200. The summed E-state index contributed by atoms with van der Waals surface area (Å²) in [5.74, 6) is 0.354. The number of allylic oxidation sites excluding steroid dienone is 1. The van der Waals surface area contributed by atoms with Crippen molar-refractivity contribution in [1.29, 1.82) is 0 Å². The molecule has 12 heavy (non-hydrogen) atoms. The minimum atomic E-state index is 0.354. The Hall–Kier alpha value is -0.760. The Labute approximate surface area is 80.9 Å². The highest BCUT2D eigenvalue weighted by molar-refractivity contribution is 9.08. The molecule has 0 fully saturated rings. The first-order chi connectivity index (χ1) is 5.79. The van der Waals surface area contributed by atoms with Crippen molar-refractivity contribution in [2.75, 3.05) is 0 Å². The molecule has 0 aliphatic heterocycles. The summed E-state index contributed by atoms with van der Waals surface area (Å²) in [6, 6.07) is 5.54. The van der Waals surface area contributed by atoms with Gasteiger partial charge in [-0.1, -0.05) is 34.1 Å². The number of aromatic hydroxyl groups is 1. The zero-order valence-corrected chi connectivity index (χ0v) is 8.34. The van der Waals surface area contributed by atoms with Gasteiger partial charge in [0.15, 0.2) is 0 Å². The van der Waals surface area contributed by atoms with Gasteiger partial charge in [-0.25, -0.2) is 0 Å². The molecule has 1 N–H and O–H groups in total. The van der Waals surface area contributed by atoms with E-state index in [9.17, 15) is 5.11 Å². The second kappa shape index (κ2) is 4.31. The lowest BCUT2D eigenvalue weighted by atomic mass is 10.0. The van der Waals surface area contributed by atoms with Gasteiger partial charge in [-0.05, 0) is 18.1 Å². The lowest BCUT2D eigenvalue weighted by Gasteiger charge is -2.06. The number of hydrogen-bond acceptors (Lipinski definition) is 1. The predicted molar refractivity (Wildman–Crippen MR) is 54.6 cm³/mol. The summed E-state index contributed by atoms with van der Waals surface area (Å²) in [5, 5.41) is 10.3. The molecule has 0 saturated heterocycles. The molecule has 1 aromatic rings. The van der Waals surface area contributed by atoms with Crippen LogP contribution in [0.1, 0.15) is 11.1 Å². The van der Waals surface area contributed by atoms with Crippen LogP contribution in [0.2, 0.25) is 0 Å². The Kier molecular flexibility index (Phi) is 3.35. The quantitative estimate of drug-likeness (QED) is 0.621. The van der Waals surface area contributed by atoms with E-state index in [1.165, 1.54) is 0 Å². The molecule has 2 heteroatoms. The summed E-state index contributed by atoms with van der Waals surface area (Å²) in [5.41, 5.74) is 2.08. The van der Waals surface area contributed by atoms with Crippen LogP contribution in [0.4, 0.5) is 0 Å². The number of halogens is 1. The summed E-state index contributed by atoms with van der Waals surface area (Å²) >= 11 is 3.37. The molecule has 0 bridgehead atoms. The molecule has 0 aliphatic rings. The van der Waals surface area contributed by atoms with E-state index in [2.05, 4.69) is 22.5 Å². The van der Waals surface area contributed by atoms with Crippen LogP contribution in [0.3, 0.4) is 0 Å². The van der Waals surface area contributed by atoms with Crippen molar-refractivity contribution in [3.8, 4) is 5.75 Å². The van der Waals surface area contributed by atoms with E-state index >= 15 is 0 Å². The van der Waals surface area contributed by atoms with Gasteiger partial charge in [0.05, 0.1) is 0 Å². The maximum atomic E-state index is 9.48. The van der Waals surface area contributed by atoms with Gasteiger partial charge in [0.1, 0.15) is 5.75 Å². The van der Waals surface area contributed by atoms with Gasteiger partial charge >= 0.3 is 0 Å². The van der Waals surface area contributed by atoms with Gasteiger partial charge in [0, 0.05) is 10.9 Å². The second-order valence-corrected chi connectivity index (χ2v) is 3.10. The van der Waals surface area contributed by atoms with Crippen LogP contribution in [-0.4, -0.2) is 5.11 Å². The van der Waals surface area contributed by atoms with Crippen molar-refractivity contribution in [3.05, 3.63) is 42.0 Å². The van der Waals surface area contributed by atoms with E-state index in [0.717, 1.165) is 16.5 Å². The highest BCUT2D eigenvalue weighted by Crippen LogP contribution is 2.23. The molecule has 0 radical (unpaired) electrons. The SMILES string of the molecule is C=CCc1c(O)cccc1CBr. The normalized spacial score (nSPS) is 9.75. The van der Waals surface area contributed by atoms with Crippen LogP contribution >= 0.6 is 15.9 Å². The largest absolute Gasteiger partial charge is 0.508 e. The number of benzene rings is 1. The third kappa shape index (κ3) is 1.89. The summed E-state index contributed by atoms with van der Waals surface area (Å²) in [4.78, 5) is 0. The van der Waals surface area contributed by atoms with Crippen LogP contribution in [-0.2, 0) is 11.8 Å². The molecule has 1 rings (SSSR count). The van der Waals surface area contributed by atoms with E-state index in [1.807, 2.05) is 12.1 Å². The van der Waals surface area contributed by atoms with Gasteiger partial charge in [0.2, 0.25) is 0 Å². The molecule has 0 unspecified atom stereocenters. The zero-order chi connectivity index (χ0) is 8.97. The molecule has 0 saturated carbocycles. The Morgan fingerprint density at radius 1 is 1.50 bits per heavy atom. The molecule has 0 aliphatic carbocycles. The van der Waals surface area contributed by atoms with Crippen molar-refractivity contribution in [3.63, 3.8) is 0 Å². The number of phenols is 1. The lowest BCUT2D eigenvalue weighted by Crippen LogP contribution is -1.89. The summed E-state index contributed by atoms with van der Waals surface area (Å²) in [6.45, 7) is 3.65. The predicted octanol–water partition coefficient (Wildman–Crippen LogP) is 3.02. The molecule has 0 atom stereocenters. The fourth-order valence-electron chi connectivity index (χ4n) is 1.13. The van der Waals surface area contributed by atoms with Crippen LogP contribution in [0.25, 0.3) is 0 Å². The highest BCUT2D eigenvalue weighted by atomic mass is 79.9. The van der Waals surface area contributed by atoms with Gasteiger partial charge in [-0.3, -0.25) is 0 Å². The van der Waals surface area contributed by atoms with E-state index < -0.39 is 0 Å². The molecule has 0 aromatic heterocycles. The van der Waals surface area contributed by atoms with E-state index in [-0.39, 0.29) is 0 Å². The number of alkyl halides is 1. The van der Waals surface area contributed by atoms with Crippen LogP contribution in [0, 0.1) is 0 Å². The minimum absolute atomic E-state index is 0.354. The van der Waals surface area contributed by atoms with E-state index in [1.54, 1.807) is 12.1 Å². The first-order valence-electron chi connectivity index (χ1n) is 3.76. The topological polar surface area (TPSA) is 20.2 Å². The number of phenolic OH excluding ortho intramolecular Hbond substituents is 1. The third-order valence-electron chi connectivity index (χ3n) is 1.74. The van der Waals surface area contributed by atoms with Crippen molar-refractivity contribution in [2.24, 2.45) is 0 Å². The van der Waals surface area contributed by atoms with Crippen molar-refractivity contribution in [1.82, 2.24) is 0 Å². The van der Waals surface area contributed by atoms with Crippen LogP contribution in [0.15, 0.2) is 30.9 Å². The van der Waals surface area contributed by atoms with Crippen molar-refractivity contribution >= 4 is 15.9 Å². The maximum absolute atomic E-state index is 9.48. The third-order valence-corrected chi connectivity index (χ3v) is 2.34. The van der Waals surface area contributed by atoms with E-state index in [4.69, 9.17) is 0 Å². The maximum Gasteiger partial charge on any atom is 0.119 e. The van der Waals surface area contributed by atoms with Crippen molar-refractivity contribution < 1.29 is 5.11 Å². The van der Waals surface area contributed by atoms with Gasteiger partial charge < -0.3 is 5.11 Å². The monoisotopic (exact) mass is 226 g/mol. The molecule has 0 amide bonds. The van der Waals surface area contributed by atoms with Crippen LogP contribution in [0.5, 0.6) is 5.75 Å². The highest BCUT2D eigenvalue weighted by Gasteiger charge is 2.03. The minimum Gasteiger partial charge on any atom is -0.508 e. The Morgan fingerprint density at radius 2 is 2.25 bits per heavy atom. The molecule has 0 spiro atoms. The van der Waals surface area contributed by atoms with Gasteiger partial charge in [0.25, 0.3) is 0 Å². The molecular weight excluding hydrogens is 216 g/mol. The standard InChI is InChI=1S/C10H11BrO/c1-2-4-9-8(7-11)5-3-6-10(9)12/h2-3,5-6,12H,1,4,7H2. The molecule has 1 aromatic carbocycles. The average Bonchev–Trinajstić information content (AvgIpc) is 2.09. The van der Waals surface area contributed by atoms with E-state index in [0.29, 0.717) is 12.2 Å². The molecular formula is C10H11BrO. The smallest absolute Gasteiger partial charge is 0.119 e. The van der Waals surface area contributed by atoms with Gasteiger partial charge in [-0.15, -0.1) is 6.58 Å². The first kappa shape index (κ1) is 9.33. The molecule has 64 valence electrons. The van der Waals surface area contributed by atoms with Crippen LogP contribution < -0.4 is 0 Å². The average molecular weight is 227 g/mol. The first-order valence-corrected chi connectivity index (χ1v) is 4.88. The summed E-state index contributed by atoms with van der Waals surface area (Å²) in [7, 11) is 0. The Balaban J connectivity index is 3.10. The van der Waals surface area contributed by atoms with Gasteiger partial charge in [-0.2, -0.15) is 0 Å². The second-order valence-electron chi connectivity index (χ2n) is 2.54. The Morgan fingerprint density at radius 3 is 2.83 bits per heavy atom. The molecule has 0 heterocycles. The fourth-order valence-corrected chi connectivity index (χ4v) is 1.65. The van der Waals surface area contributed by atoms with Crippen molar-refractivity contribution in [2.45, 2.75) is 11.8 Å². The number of hydrogen-bond donors (Lipinski definition) is 1. The molecule has 1 nitrogen and oxygen atoms in total. The number of rotatable bonds is 3. The summed E-state index contributed by atoms with van der Waals surface area (Å²) in [6.07, 6.45) is 2.51. The Bertz CT molecular complexity index is 281. The summed E-state index contributed by atoms with van der Waals surface area (Å²) < 4.78 is 0. The zero-order valence-electron chi connectivity index (χ0n) is 6.76. The lowest BCUT2D eigenvalue weighted by molar-refractivity contribution is 0.469.